The lowest BCUT2D eigenvalue weighted by atomic mass is 10.2. The molecular weight excluding hydrogens is 256 g/mol. The number of nitrogens with zero attached hydrogens (tertiary/aromatic N) is 2. The Morgan fingerprint density at radius 1 is 1.45 bits per heavy atom. The summed E-state index contributed by atoms with van der Waals surface area (Å²) in [4.78, 5) is 12.0. The van der Waals surface area contributed by atoms with Gasteiger partial charge in [0.1, 0.15) is 5.75 Å². The molecule has 102 valence electrons. The van der Waals surface area contributed by atoms with Crippen molar-refractivity contribution in [1.29, 1.82) is 0 Å². The molecule has 0 atom stereocenters. The van der Waals surface area contributed by atoms with E-state index < -0.39 is 0 Å². The van der Waals surface area contributed by atoms with Gasteiger partial charge in [-0.1, -0.05) is 12.1 Å². The second-order valence-corrected chi connectivity index (χ2v) is 4.68. The number of phenolic OH excluding ortho intramolecular Hbond substituents is 1. The monoisotopic (exact) mass is 270 g/mol. The van der Waals surface area contributed by atoms with E-state index in [0.29, 0.717) is 11.3 Å². The van der Waals surface area contributed by atoms with Gasteiger partial charge in [0.2, 0.25) is 0 Å². The van der Waals surface area contributed by atoms with Crippen molar-refractivity contribution in [1.82, 2.24) is 15.6 Å². The average molecular weight is 270 g/mol. The molecule has 1 heterocycles. The topological polar surface area (TPSA) is 90.4 Å². The zero-order chi connectivity index (χ0) is 13.9. The van der Waals surface area contributed by atoms with Crippen LogP contribution in [0, 0.1) is 0 Å². The Labute approximate surface area is 115 Å². The minimum absolute atomic E-state index is 0.158. The fourth-order valence-corrected chi connectivity index (χ4v) is 2.33. The lowest BCUT2D eigenvalue weighted by molar-refractivity contribution is 0.0949. The molecular formula is C14H14N4O2. The summed E-state index contributed by atoms with van der Waals surface area (Å²) in [5, 5.41) is 20.1. The zero-order valence-corrected chi connectivity index (χ0v) is 10.8. The Bertz CT molecular complexity index is 676. The van der Waals surface area contributed by atoms with E-state index in [1.54, 1.807) is 24.3 Å². The Hall–Kier alpha value is -2.63. The van der Waals surface area contributed by atoms with Crippen LogP contribution >= 0.6 is 0 Å². The minimum atomic E-state index is -0.319. The molecule has 1 aromatic carbocycles. The van der Waals surface area contributed by atoms with Crippen LogP contribution in [0.1, 0.15) is 33.7 Å². The standard InChI is InChI=1S/C14H14N4O2/c19-10-4-1-3-9(7-10)8-15-18-14(20)13-11-5-2-6-12(11)16-17-13/h1,3-4,7-8,19H,2,5-6H2,(H,16,17)(H,18,20)/b15-8-. The van der Waals surface area contributed by atoms with Crippen molar-refractivity contribution >= 4 is 12.1 Å². The number of aryl methyl sites for hydroxylation is 1. The van der Waals surface area contributed by atoms with Crippen LogP contribution in [-0.4, -0.2) is 27.4 Å². The maximum atomic E-state index is 12.0. The van der Waals surface area contributed by atoms with E-state index in [1.165, 1.54) is 6.21 Å². The van der Waals surface area contributed by atoms with Crippen LogP contribution in [0.5, 0.6) is 5.75 Å². The summed E-state index contributed by atoms with van der Waals surface area (Å²) in [5.41, 5.74) is 5.62. The molecule has 1 aliphatic carbocycles. The third kappa shape index (κ3) is 2.40. The first-order valence-electron chi connectivity index (χ1n) is 6.42. The number of aromatic amines is 1. The second-order valence-electron chi connectivity index (χ2n) is 4.68. The van der Waals surface area contributed by atoms with Gasteiger partial charge >= 0.3 is 0 Å². The number of carbonyl (C=O) groups excluding carboxylic acids is 1. The average Bonchev–Trinajstić information content (AvgIpc) is 3.00. The van der Waals surface area contributed by atoms with E-state index in [2.05, 4.69) is 20.7 Å². The molecule has 20 heavy (non-hydrogen) atoms. The summed E-state index contributed by atoms with van der Waals surface area (Å²) >= 11 is 0. The van der Waals surface area contributed by atoms with Crippen LogP contribution in [0.25, 0.3) is 0 Å². The molecule has 0 spiro atoms. The molecule has 0 bridgehead atoms. The van der Waals surface area contributed by atoms with Crippen molar-refractivity contribution < 1.29 is 9.90 Å². The molecule has 6 heteroatoms. The third-order valence-corrected chi connectivity index (χ3v) is 3.27. The van der Waals surface area contributed by atoms with Gasteiger partial charge in [0.25, 0.3) is 5.91 Å². The Morgan fingerprint density at radius 2 is 2.35 bits per heavy atom. The van der Waals surface area contributed by atoms with E-state index in [0.717, 1.165) is 30.5 Å². The Kier molecular flexibility index (Phi) is 3.20. The number of phenols is 1. The number of hydrazone groups is 1. The van der Waals surface area contributed by atoms with E-state index in [1.807, 2.05) is 0 Å². The first kappa shape index (κ1) is 12.4. The van der Waals surface area contributed by atoms with Gasteiger partial charge in [-0.25, -0.2) is 5.43 Å². The Balaban J connectivity index is 1.67. The number of nitrogens with one attached hydrogen (secondary N) is 2. The van der Waals surface area contributed by atoms with Gasteiger partial charge in [-0.05, 0) is 37.0 Å². The summed E-state index contributed by atoms with van der Waals surface area (Å²) in [6.07, 6.45) is 4.36. The van der Waals surface area contributed by atoms with Gasteiger partial charge in [-0.2, -0.15) is 10.2 Å². The number of aromatic hydroxyl groups is 1. The molecule has 1 amide bonds. The normalized spacial score (nSPS) is 13.6. The summed E-state index contributed by atoms with van der Waals surface area (Å²) < 4.78 is 0. The quantitative estimate of drug-likeness (QED) is 0.581. The van der Waals surface area contributed by atoms with E-state index in [-0.39, 0.29) is 11.7 Å². The highest BCUT2D eigenvalue weighted by Gasteiger charge is 2.22. The predicted octanol–water partition coefficient (Wildman–Crippen LogP) is 1.37. The van der Waals surface area contributed by atoms with Crippen molar-refractivity contribution in [2.45, 2.75) is 19.3 Å². The van der Waals surface area contributed by atoms with Crippen molar-refractivity contribution in [3.8, 4) is 5.75 Å². The van der Waals surface area contributed by atoms with E-state index >= 15 is 0 Å². The van der Waals surface area contributed by atoms with Gasteiger partial charge in [0.05, 0.1) is 6.21 Å². The molecule has 0 radical (unpaired) electrons. The van der Waals surface area contributed by atoms with Crippen LogP contribution in [-0.2, 0) is 12.8 Å². The van der Waals surface area contributed by atoms with Crippen LogP contribution in [0.2, 0.25) is 0 Å². The largest absolute Gasteiger partial charge is 0.508 e. The molecule has 3 rings (SSSR count). The predicted molar refractivity (Wildman–Crippen MR) is 73.8 cm³/mol. The van der Waals surface area contributed by atoms with Gasteiger partial charge in [0, 0.05) is 11.3 Å². The summed E-state index contributed by atoms with van der Waals surface area (Å²) in [6, 6.07) is 6.62. The van der Waals surface area contributed by atoms with Crippen molar-refractivity contribution in [3.05, 3.63) is 46.8 Å². The SMILES string of the molecule is O=C(N/N=C\c1cccc(O)c1)c1n[nH]c2c1CCC2. The molecule has 3 N–H and O–H groups in total. The Morgan fingerprint density at radius 3 is 3.20 bits per heavy atom. The minimum Gasteiger partial charge on any atom is -0.508 e. The van der Waals surface area contributed by atoms with Crippen molar-refractivity contribution in [3.63, 3.8) is 0 Å². The lowest BCUT2D eigenvalue weighted by Crippen LogP contribution is -2.19. The van der Waals surface area contributed by atoms with E-state index in [9.17, 15) is 9.90 Å². The second kappa shape index (κ2) is 5.16. The highest BCUT2D eigenvalue weighted by atomic mass is 16.3. The molecule has 2 aromatic rings. The highest BCUT2D eigenvalue weighted by molar-refractivity contribution is 5.94. The number of hydrogen-bond donors (Lipinski definition) is 3. The molecule has 0 aliphatic heterocycles. The van der Waals surface area contributed by atoms with Crippen LogP contribution < -0.4 is 5.43 Å². The van der Waals surface area contributed by atoms with Gasteiger partial charge in [0.15, 0.2) is 5.69 Å². The number of benzene rings is 1. The van der Waals surface area contributed by atoms with Crippen LogP contribution in [0.15, 0.2) is 29.4 Å². The summed E-state index contributed by atoms with van der Waals surface area (Å²) in [5.74, 6) is -0.161. The van der Waals surface area contributed by atoms with Gasteiger partial charge in [-0.3, -0.25) is 9.89 Å². The van der Waals surface area contributed by atoms with Crippen LogP contribution in [0.3, 0.4) is 0 Å². The maximum absolute atomic E-state index is 12.0. The van der Waals surface area contributed by atoms with Crippen LogP contribution in [0.4, 0.5) is 0 Å². The maximum Gasteiger partial charge on any atom is 0.292 e. The summed E-state index contributed by atoms with van der Waals surface area (Å²) in [7, 11) is 0. The molecule has 1 aromatic heterocycles. The van der Waals surface area contributed by atoms with Gasteiger partial charge in [-0.15, -0.1) is 0 Å². The smallest absolute Gasteiger partial charge is 0.292 e. The van der Waals surface area contributed by atoms with E-state index in [4.69, 9.17) is 0 Å². The highest BCUT2D eigenvalue weighted by Crippen LogP contribution is 2.22. The molecule has 0 saturated carbocycles. The lowest BCUT2D eigenvalue weighted by Gasteiger charge is -1.98. The molecule has 6 nitrogen and oxygen atoms in total. The third-order valence-electron chi connectivity index (χ3n) is 3.27. The van der Waals surface area contributed by atoms with Gasteiger partial charge < -0.3 is 5.11 Å². The summed E-state index contributed by atoms with van der Waals surface area (Å²) in [6.45, 7) is 0. The van der Waals surface area contributed by atoms with Crippen molar-refractivity contribution in [2.75, 3.05) is 0 Å². The fourth-order valence-electron chi connectivity index (χ4n) is 2.33. The number of fused-ring (bicyclic) bond motifs is 1. The number of rotatable bonds is 3. The van der Waals surface area contributed by atoms with Crippen molar-refractivity contribution in [2.24, 2.45) is 5.10 Å². The number of amides is 1. The zero-order valence-electron chi connectivity index (χ0n) is 10.8. The number of aromatic nitrogens is 2. The number of H-pyrrole nitrogens is 1. The molecule has 1 aliphatic rings. The first-order chi connectivity index (χ1) is 9.74. The molecule has 0 fully saturated rings. The number of carbonyl (C=O) groups is 1. The first-order valence-corrected chi connectivity index (χ1v) is 6.42. The molecule has 0 saturated heterocycles. The fraction of sp³-hybridized carbons (Fsp3) is 0.214. The number of hydrogen-bond acceptors (Lipinski definition) is 4. The molecule has 0 unspecified atom stereocenters.